The molecule has 1 aromatic rings. The van der Waals surface area contributed by atoms with Crippen molar-refractivity contribution in [2.45, 2.75) is 42.8 Å². The zero-order valence-electron chi connectivity index (χ0n) is 9.58. The molecule has 1 aliphatic rings. The maximum Gasteiger partial charge on any atom is 0.0646 e. The Hall–Kier alpha value is -0.340. The molecule has 0 heterocycles. The molecule has 0 bridgehead atoms. The van der Waals surface area contributed by atoms with Gasteiger partial charge < -0.3 is 5.73 Å². The van der Waals surface area contributed by atoms with E-state index in [0.717, 1.165) is 16.5 Å². The van der Waals surface area contributed by atoms with Crippen molar-refractivity contribution in [1.29, 1.82) is 0 Å². The van der Waals surface area contributed by atoms with Crippen LogP contribution in [0.15, 0.2) is 23.1 Å². The summed E-state index contributed by atoms with van der Waals surface area (Å²) in [5.74, 6) is 0.853. The summed E-state index contributed by atoms with van der Waals surface area (Å²) in [5, 5.41) is 1.39. The highest BCUT2D eigenvalue weighted by Gasteiger charge is 2.20. The van der Waals surface area contributed by atoms with Gasteiger partial charge in [0, 0.05) is 10.1 Å². The predicted molar refractivity (Wildman–Crippen MR) is 73.1 cm³/mol. The minimum Gasteiger partial charge on any atom is -0.397 e. The summed E-state index contributed by atoms with van der Waals surface area (Å²) in [6, 6.07) is 5.91. The molecule has 88 valence electrons. The van der Waals surface area contributed by atoms with Gasteiger partial charge in [0.05, 0.1) is 10.7 Å². The van der Waals surface area contributed by atoms with Crippen molar-refractivity contribution < 1.29 is 0 Å². The van der Waals surface area contributed by atoms with Crippen LogP contribution in [0.3, 0.4) is 0 Å². The summed E-state index contributed by atoms with van der Waals surface area (Å²) in [6.07, 6.45) is 5.33. The maximum absolute atomic E-state index is 6.02. The van der Waals surface area contributed by atoms with Crippen LogP contribution in [0, 0.1) is 5.92 Å². The normalized spacial score (nSPS) is 25.6. The van der Waals surface area contributed by atoms with Crippen molar-refractivity contribution in [3.63, 3.8) is 0 Å². The molecule has 2 N–H and O–H groups in total. The maximum atomic E-state index is 6.02. The third-order valence-corrected chi connectivity index (χ3v) is 4.90. The first kappa shape index (κ1) is 12.1. The van der Waals surface area contributed by atoms with Crippen LogP contribution >= 0.6 is 23.4 Å². The number of para-hydroxylation sites is 1. The Morgan fingerprint density at radius 1 is 1.38 bits per heavy atom. The molecule has 0 radical (unpaired) electrons. The highest BCUT2D eigenvalue weighted by Crippen LogP contribution is 2.39. The van der Waals surface area contributed by atoms with Crippen molar-refractivity contribution in [3.8, 4) is 0 Å². The Balaban J connectivity index is 2.05. The van der Waals surface area contributed by atoms with Gasteiger partial charge in [-0.25, -0.2) is 0 Å². The lowest BCUT2D eigenvalue weighted by Gasteiger charge is -2.26. The molecular formula is C13H18ClNS. The van der Waals surface area contributed by atoms with Crippen LogP contribution in [0.2, 0.25) is 5.02 Å². The lowest BCUT2D eigenvalue weighted by atomic mass is 9.91. The zero-order valence-corrected chi connectivity index (χ0v) is 11.2. The van der Waals surface area contributed by atoms with E-state index in [1.807, 2.05) is 23.9 Å². The summed E-state index contributed by atoms with van der Waals surface area (Å²) in [6.45, 7) is 2.34. The largest absolute Gasteiger partial charge is 0.397 e. The predicted octanol–water partition coefficient (Wildman–Crippen LogP) is 4.59. The van der Waals surface area contributed by atoms with Gasteiger partial charge in [-0.2, -0.15) is 0 Å². The molecule has 1 aliphatic carbocycles. The molecular weight excluding hydrogens is 238 g/mol. The number of thioether (sulfide) groups is 1. The monoisotopic (exact) mass is 255 g/mol. The molecule has 1 aromatic carbocycles. The highest BCUT2D eigenvalue weighted by molar-refractivity contribution is 8.00. The van der Waals surface area contributed by atoms with E-state index in [9.17, 15) is 0 Å². The number of hydrogen-bond donors (Lipinski definition) is 1. The van der Waals surface area contributed by atoms with Gasteiger partial charge in [0.1, 0.15) is 0 Å². The summed E-state index contributed by atoms with van der Waals surface area (Å²) in [4.78, 5) is 1.14. The van der Waals surface area contributed by atoms with Crippen LogP contribution in [-0.4, -0.2) is 5.25 Å². The molecule has 1 nitrogen and oxygen atoms in total. The van der Waals surface area contributed by atoms with Crippen molar-refractivity contribution in [3.05, 3.63) is 23.2 Å². The molecule has 0 spiro atoms. The fourth-order valence-electron chi connectivity index (χ4n) is 2.29. The summed E-state index contributed by atoms with van der Waals surface area (Å²) in [5.41, 5.74) is 6.72. The van der Waals surface area contributed by atoms with Crippen LogP contribution < -0.4 is 5.73 Å². The second kappa shape index (κ2) is 5.33. The third kappa shape index (κ3) is 2.86. The number of halogens is 1. The second-order valence-corrected chi connectivity index (χ2v) is 6.41. The number of benzene rings is 1. The minimum atomic E-state index is 0.675. The Morgan fingerprint density at radius 2 is 2.19 bits per heavy atom. The zero-order chi connectivity index (χ0) is 11.5. The van der Waals surface area contributed by atoms with Crippen molar-refractivity contribution >= 4 is 29.1 Å². The van der Waals surface area contributed by atoms with Crippen molar-refractivity contribution in [2.24, 2.45) is 5.92 Å². The van der Waals surface area contributed by atoms with Gasteiger partial charge in [0.25, 0.3) is 0 Å². The van der Waals surface area contributed by atoms with Gasteiger partial charge in [0.15, 0.2) is 0 Å². The Labute approximate surface area is 107 Å². The first-order chi connectivity index (χ1) is 7.66. The second-order valence-electron chi connectivity index (χ2n) is 4.66. The number of nitrogen functional groups attached to an aromatic ring is 1. The van der Waals surface area contributed by atoms with E-state index in [2.05, 4.69) is 13.0 Å². The van der Waals surface area contributed by atoms with Crippen LogP contribution in [0.4, 0.5) is 5.69 Å². The topological polar surface area (TPSA) is 26.0 Å². The fourth-order valence-corrected chi connectivity index (χ4v) is 3.98. The van der Waals surface area contributed by atoms with Gasteiger partial charge in [-0.3, -0.25) is 0 Å². The molecule has 0 amide bonds. The van der Waals surface area contributed by atoms with E-state index in [1.54, 1.807) is 0 Å². The summed E-state index contributed by atoms with van der Waals surface area (Å²) in [7, 11) is 0. The first-order valence-electron chi connectivity index (χ1n) is 5.87. The average molecular weight is 256 g/mol. The van der Waals surface area contributed by atoms with Gasteiger partial charge >= 0.3 is 0 Å². The van der Waals surface area contributed by atoms with Crippen LogP contribution in [0.25, 0.3) is 0 Å². The van der Waals surface area contributed by atoms with Crippen molar-refractivity contribution in [1.82, 2.24) is 0 Å². The Morgan fingerprint density at radius 3 is 2.94 bits per heavy atom. The van der Waals surface area contributed by atoms with Crippen LogP contribution in [-0.2, 0) is 0 Å². The molecule has 0 aromatic heterocycles. The van der Waals surface area contributed by atoms with Crippen LogP contribution in [0.5, 0.6) is 0 Å². The van der Waals surface area contributed by atoms with E-state index in [0.29, 0.717) is 10.3 Å². The van der Waals surface area contributed by atoms with Gasteiger partial charge in [-0.1, -0.05) is 37.4 Å². The van der Waals surface area contributed by atoms with Gasteiger partial charge in [-0.05, 0) is 30.9 Å². The molecule has 3 heteroatoms. The van der Waals surface area contributed by atoms with E-state index >= 15 is 0 Å². The van der Waals surface area contributed by atoms with Crippen LogP contribution in [0.1, 0.15) is 32.6 Å². The highest BCUT2D eigenvalue weighted by atomic mass is 35.5. The van der Waals surface area contributed by atoms with E-state index in [1.165, 1.54) is 25.7 Å². The molecule has 1 saturated carbocycles. The number of nitrogens with two attached hydrogens (primary N) is 1. The fraction of sp³-hybridized carbons (Fsp3) is 0.538. The van der Waals surface area contributed by atoms with Gasteiger partial charge in [0.2, 0.25) is 0 Å². The number of hydrogen-bond acceptors (Lipinski definition) is 2. The standard InChI is InChI=1S/C13H18ClNS/c1-9-4-2-5-10(8-9)16-12-7-3-6-11(14)13(12)15/h3,6-7,9-10H,2,4-5,8,15H2,1H3. The molecule has 2 unspecified atom stereocenters. The lowest BCUT2D eigenvalue weighted by molar-refractivity contribution is 0.394. The van der Waals surface area contributed by atoms with Gasteiger partial charge in [-0.15, -0.1) is 11.8 Å². The Kier molecular flexibility index (Phi) is 4.04. The summed E-state index contributed by atoms with van der Waals surface area (Å²) < 4.78 is 0. The van der Waals surface area contributed by atoms with E-state index in [4.69, 9.17) is 17.3 Å². The molecule has 16 heavy (non-hydrogen) atoms. The minimum absolute atomic E-state index is 0.675. The SMILES string of the molecule is CC1CCCC(Sc2cccc(Cl)c2N)C1. The number of anilines is 1. The molecule has 1 fully saturated rings. The average Bonchev–Trinajstić information content (AvgIpc) is 2.25. The molecule has 2 atom stereocenters. The summed E-state index contributed by atoms with van der Waals surface area (Å²) >= 11 is 7.92. The quantitative estimate of drug-likeness (QED) is 0.782. The molecule has 2 rings (SSSR count). The Bertz CT molecular complexity index is 367. The molecule has 0 saturated heterocycles. The number of rotatable bonds is 2. The van der Waals surface area contributed by atoms with Crippen molar-refractivity contribution in [2.75, 3.05) is 5.73 Å². The van der Waals surface area contributed by atoms with E-state index < -0.39 is 0 Å². The third-order valence-electron chi connectivity index (χ3n) is 3.19. The smallest absolute Gasteiger partial charge is 0.0646 e. The lowest BCUT2D eigenvalue weighted by Crippen LogP contribution is -2.15. The van der Waals surface area contributed by atoms with E-state index in [-0.39, 0.29) is 0 Å². The molecule has 0 aliphatic heterocycles. The first-order valence-corrected chi connectivity index (χ1v) is 7.13.